The minimum absolute atomic E-state index is 0.241. The average Bonchev–Trinajstić information content (AvgIpc) is 2.61. The molecule has 128 valence electrons. The molecule has 0 aliphatic carbocycles. The fourth-order valence-corrected chi connectivity index (χ4v) is 3.36. The summed E-state index contributed by atoms with van der Waals surface area (Å²) in [5.74, 6) is 0.813. The molecule has 1 atom stereocenters. The maximum atomic E-state index is 12.1. The van der Waals surface area contributed by atoms with E-state index in [9.17, 15) is 4.79 Å². The van der Waals surface area contributed by atoms with Crippen LogP contribution in [0.1, 0.15) is 12.5 Å². The molecule has 3 heterocycles. The minimum Gasteiger partial charge on any atom is -0.404 e. The molecule has 1 saturated heterocycles. The molecule has 1 aromatic carbocycles. The number of hydrogen-bond donors (Lipinski definition) is 0. The van der Waals surface area contributed by atoms with Crippen molar-refractivity contribution in [2.75, 3.05) is 24.7 Å². The Labute approximate surface area is 145 Å². The molecule has 0 saturated carbocycles. The summed E-state index contributed by atoms with van der Waals surface area (Å²) in [6.45, 7) is 6.27. The van der Waals surface area contributed by atoms with Crippen molar-refractivity contribution in [3.05, 3.63) is 58.4 Å². The zero-order valence-corrected chi connectivity index (χ0v) is 14.4. The lowest BCUT2D eigenvalue weighted by molar-refractivity contribution is 0.0985. The van der Waals surface area contributed by atoms with Crippen molar-refractivity contribution in [1.29, 1.82) is 0 Å². The van der Waals surface area contributed by atoms with Crippen molar-refractivity contribution in [2.45, 2.75) is 19.9 Å². The second kappa shape index (κ2) is 6.33. The first kappa shape index (κ1) is 15.8. The molecular formula is C20H20N2O3. The van der Waals surface area contributed by atoms with Crippen LogP contribution in [0.2, 0.25) is 0 Å². The van der Waals surface area contributed by atoms with Gasteiger partial charge in [0, 0.05) is 23.6 Å². The van der Waals surface area contributed by atoms with Gasteiger partial charge in [-0.25, -0.2) is 4.79 Å². The third-order valence-electron chi connectivity index (χ3n) is 4.69. The Kier molecular flexibility index (Phi) is 4.01. The van der Waals surface area contributed by atoms with E-state index in [0.29, 0.717) is 18.9 Å². The topological polar surface area (TPSA) is 55.6 Å². The second-order valence-electron chi connectivity index (χ2n) is 6.43. The molecule has 0 unspecified atom stereocenters. The lowest BCUT2D eigenvalue weighted by Gasteiger charge is -2.34. The monoisotopic (exact) mass is 336 g/mol. The highest BCUT2D eigenvalue weighted by molar-refractivity contribution is 5.92. The van der Waals surface area contributed by atoms with Crippen LogP contribution in [0.25, 0.3) is 22.2 Å². The van der Waals surface area contributed by atoms with Gasteiger partial charge in [-0.3, -0.25) is 0 Å². The Bertz CT molecular complexity index is 980. The number of hydrogen-bond acceptors (Lipinski definition) is 5. The normalized spacial score (nSPS) is 17.8. The van der Waals surface area contributed by atoms with E-state index >= 15 is 0 Å². The van der Waals surface area contributed by atoms with Crippen molar-refractivity contribution in [1.82, 2.24) is 4.98 Å². The summed E-state index contributed by atoms with van der Waals surface area (Å²) in [7, 11) is 0. The molecule has 1 aliphatic rings. The van der Waals surface area contributed by atoms with Crippen molar-refractivity contribution in [3.63, 3.8) is 0 Å². The first-order valence-corrected chi connectivity index (χ1v) is 8.49. The molecule has 1 aliphatic heterocycles. The lowest BCUT2D eigenvalue weighted by atomic mass is 9.99. The third kappa shape index (κ3) is 2.91. The molecule has 5 heteroatoms. The number of fused-ring (bicyclic) bond motifs is 1. The predicted octanol–water partition coefficient (Wildman–Crippen LogP) is 3.39. The molecule has 0 radical (unpaired) electrons. The van der Waals surface area contributed by atoms with Crippen LogP contribution in [0.15, 0.2) is 51.7 Å². The van der Waals surface area contributed by atoms with Gasteiger partial charge >= 0.3 is 5.63 Å². The summed E-state index contributed by atoms with van der Waals surface area (Å²) in [5, 5.41) is 0.846. The van der Waals surface area contributed by atoms with E-state index in [2.05, 4.69) is 16.8 Å². The van der Waals surface area contributed by atoms with Gasteiger partial charge in [-0.2, -0.15) is 4.98 Å². The van der Waals surface area contributed by atoms with E-state index in [-0.39, 0.29) is 11.7 Å². The summed E-state index contributed by atoms with van der Waals surface area (Å²) in [6, 6.07) is 13.8. The molecule has 0 N–H and O–H groups in total. The fraction of sp³-hybridized carbons (Fsp3) is 0.300. The van der Waals surface area contributed by atoms with Crippen LogP contribution in [0, 0.1) is 6.92 Å². The van der Waals surface area contributed by atoms with Crippen LogP contribution < -0.4 is 10.5 Å². The number of ether oxygens (including phenoxy) is 1. The van der Waals surface area contributed by atoms with Crippen molar-refractivity contribution in [3.8, 4) is 11.1 Å². The zero-order valence-electron chi connectivity index (χ0n) is 14.4. The molecule has 25 heavy (non-hydrogen) atoms. The summed E-state index contributed by atoms with van der Waals surface area (Å²) in [5.41, 5.74) is 2.99. The van der Waals surface area contributed by atoms with Crippen molar-refractivity contribution in [2.24, 2.45) is 0 Å². The van der Waals surface area contributed by atoms with Crippen LogP contribution in [-0.4, -0.2) is 30.8 Å². The number of pyridine rings is 1. The van der Waals surface area contributed by atoms with Crippen LogP contribution in [-0.2, 0) is 4.74 Å². The van der Waals surface area contributed by atoms with Gasteiger partial charge in [0.15, 0.2) is 0 Å². The highest BCUT2D eigenvalue weighted by Crippen LogP contribution is 2.30. The molecule has 0 amide bonds. The number of nitrogens with zero attached hydrogens (tertiary/aromatic N) is 2. The highest BCUT2D eigenvalue weighted by Gasteiger charge is 2.21. The van der Waals surface area contributed by atoms with E-state index in [1.54, 1.807) is 6.07 Å². The highest BCUT2D eigenvalue weighted by atomic mass is 16.5. The second-order valence-corrected chi connectivity index (χ2v) is 6.43. The van der Waals surface area contributed by atoms with Gasteiger partial charge < -0.3 is 14.1 Å². The Morgan fingerprint density at radius 1 is 1.16 bits per heavy atom. The molecule has 4 rings (SSSR count). The van der Waals surface area contributed by atoms with Gasteiger partial charge in [0.05, 0.1) is 19.3 Å². The smallest absolute Gasteiger partial charge is 0.338 e. The van der Waals surface area contributed by atoms with Crippen LogP contribution in [0.3, 0.4) is 0 Å². The Morgan fingerprint density at radius 3 is 2.80 bits per heavy atom. The van der Waals surface area contributed by atoms with Gasteiger partial charge in [-0.05, 0) is 37.1 Å². The number of anilines is 1. The standard InChI is InChI=1S/C20H20N2O3/c1-13-5-3-4-6-15(13)17-11-19(23)25-20-16(17)7-8-18(21-20)22-9-10-24-12-14(22)2/h3-8,11,14H,9-10,12H2,1-2H3/t14-/m1/s1. The summed E-state index contributed by atoms with van der Waals surface area (Å²) in [4.78, 5) is 18.9. The maximum Gasteiger partial charge on any atom is 0.338 e. The number of benzene rings is 1. The molecule has 1 fully saturated rings. The lowest BCUT2D eigenvalue weighted by Crippen LogP contribution is -2.44. The molecule has 0 bridgehead atoms. The number of morpholine rings is 1. The SMILES string of the molecule is Cc1ccccc1-c1cc(=O)oc2nc(N3CCOC[C@H]3C)ccc12. The Morgan fingerprint density at radius 2 is 2.00 bits per heavy atom. The first-order valence-electron chi connectivity index (χ1n) is 8.49. The number of aromatic nitrogens is 1. The molecule has 3 aromatic rings. The van der Waals surface area contributed by atoms with E-state index < -0.39 is 0 Å². The van der Waals surface area contributed by atoms with E-state index in [0.717, 1.165) is 34.4 Å². The largest absolute Gasteiger partial charge is 0.404 e. The summed E-state index contributed by atoms with van der Waals surface area (Å²) >= 11 is 0. The van der Waals surface area contributed by atoms with E-state index in [1.807, 2.05) is 43.3 Å². The van der Waals surface area contributed by atoms with Gasteiger partial charge in [-0.1, -0.05) is 24.3 Å². The van der Waals surface area contributed by atoms with E-state index in [1.165, 1.54) is 0 Å². The minimum atomic E-state index is -0.384. The van der Waals surface area contributed by atoms with Gasteiger partial charge in [0.1, 0.15) is 5.82 Å². The predicted molar refractivity (Wildman–Crippen MR) is 98.1 cm³/mol. The Balaban J connectivity index is 1.87. The quantitative estimate of drug-likeness (QED) is 0.718. The number of rotatable bonds is 2. The number of aryl methyl sites for hydroxylation is 1. The van der Waals surface area contributed by atoms with Crippen LogP contribution in [0.5, 0.6) is 0 Å². The first-order chi connectivity index (χ1) is 12.1. The average molecular weight is 336 g/mol. The van der Waals surface area contributed by atoms with Crippen molar-refractivity contribution < 1.29 is 9.15 Å². The van der Waals surface area contributed by atoms with Gasteiger partial charge in [0.25, 0.3) is 0 Å². The van der Waals surface area contributed by atoms with Crippen molar-refractivity contribution >= 4 is 16.9 Å². The summed E-state index contributed by atoms with van der Waals surface area (Å²) in [6.07, 6.45) is 0. The fourth-order valence-electron chi connectivity index (χ4n) is 3.36. The van der Waals surface area contributed by atoms with E-state index in [4.69, 9.17) is 9.15 Å². The van der Waals surface area contributed by atoms with Crippen LogP contribution in [0.4, 0.5) is 5.82 Å². The molecule has 0 spiro atoms. The van der Waals surface area contributed by atoms with Gasteiger partial charge in [0.2, 0.25) is 5.71 Å². The third-order valence-corrected chi connectivity index (χ3v) is 4.69. The summed E-state index contributed by atoms with van der Waals surface area (Å²) < 4.78 is 10.9. The molecule has 5 nitrogen and oxygen atoms in total. The van der Waals surface area contributed by atoms with Gasteiger partial charge in [-0.15, -0.1) is 0 Å². The molecular weight excluding hydrogens is 316 g/mol. The maximum absolute atomic E-state index is 12.1. The Hall–Kier alpha value is -2.66. The zero-order chi connectivity index (χ0) is 17.4. The molecule has 2 aromatic heterocycles. The van der Waals surface area contributed by atoms with Crippen LogP contribution >= 0.6 is 0 Å².